The predicted octanol–water partition coefficient (Wildman–Crippen LogP) is 3.30. The molecular weight excluding hydrogens is 242 g/mol. The summed E-state index contributed by atoms with van der Waals surface area (Å²) in [6.07, 6.45) is 5.04. The normalized spacial score (nSPS) is 16.3. The van der Waals surface area contributed by atoms with E-state index >= 15 is 0 Å². The lowest BCUT2D eigenvalue weighted by atomic mass is 10.2. The Hall–Kier alpha value is -0.800. The van der Waals surface area contributed by atoms with Crippen molar-refractivity contribution in [3.63, 3.8) is 0 Å². The first kappa shape index (κ1) is 11.7. The molecule has 4 heteroatoms. The fourth-order valence-corrected chi connectivity index (χ4v) is 2.29. The van der Waals surface area contributed by atoms with E-state index in [0.29, 0.717) is 16.1 Å². The standard InChI is InChI=1S/C12H14ClNOS/c13-10-7-8(12(14)16)5-6-11(10)15-9-3-1-2-4-9/h5-7,9H,1-4H2,(H2,14,16). The van der Waals surface area contributed by atoms with Gasteiger partial charge in [0.05, 0.1) is 11.1 Å². The zero-order valence-electron chi connectivity index (χ0n) is 8.91. The predicted molar refractivity (Wildman–Crippen MR) is 70.2 cm³/mol. The van der Waals surface area contributed by atoms with Gasteiger partial charge in [0, 0.05) is 5.56 Å². The molecule has 1 aliphatic rings. The van der Waals surface area contributed by atoms with Gasteiger partial charge < -0.3 is 10.5 Å². The van der Waals surface area contributed by atoms with Crippen molar-refractivity contribution in [3.05, 3.63) is 28.8 Å². The van der Waals surface area contributed by atoms with Crippen LogP contribution >= 0.6 is 23.8 Å². The molecule has 0 spiro atoms. The molecule has 1 aromatic rings. The molecule has 0 radical (unpaired) electrons. The minimum absolute atomic E-state index is 0.313. The van der Waals surface area contributed by atoms with Gasteiger partial charge in [0.1, 0.15) is 10.7 Å². The Morgan fingerprint density at radius 1 is 1.38 bits per heavy atom. The maximum absolute atomic E-state index is 6.11. The van der Waals surface area contributed by atoms with Crippen LogP contribution in [0.5, 0.6) is 5.75 Å². The summed E-state index contributed by atoms with van der Waals surface area (Å²) in [5.74, 6) is 0.730. The number of halogens is 1. The summed E-state index contributed by atoms with van der Waals surface area (Å²) in [7, 11) is 0. The van der Waals surface area contributed by atoms with E-state index in [2.05, 4.69) is 0 Å². The van der Waals surface area contributed by atoms with E-state index in [-0.39, 0.29) is 0 Å². The number of rotatable bonds is 3. The maximum atomic E-state index is 6.11. The Morgan fingerprint density at radius 3 is 2.62 bits per heavy atom. The van der Waals surface area contributed by atoms with E-state index in [1.807, 2.05) is 12.1 Å². The summed E-state index contributed by atoms with van der Waals surface area (Å²) in [4.78, 5) is 0.356. The van der Waals surface area contributed by atoms with E-state index in [1.165, 1.54) is 12.8 Å². The van der Waals surface area contributed by atoms with Gasteiger partial charge in [-0.25, -0.2) is 0 Å². The molecule has 0 unspecified atom stereocenters. The Bertz CT molecular complexity index is 402. The quantitative estimate of drug-likeness (QED) is 0.842. The molecule has 2 nitrogen and oxygen atoms in total. The van der Waals surface area contributed by atoms with E-state index in [0.717, 1.165) is 24.2 Å². The molecule has 1 saturated carbocycles. The van der Waals surface area contributed by atoms with Gasteiger partial charge in [-0.05, 0) is 43.9 Å². The first-order valence-corrected chi connectivity index (χ1v) is 6.21. The highest BCUT2D eigenvalue weighted by Gasteiger charge is 2.17. The molecule has 0 bridgehead atoms. The number of hydrogen-bond donors (Lipinski definition) is 1. The highest BCUT2D eigenvalue weighted by molar-refractivity contribution is 7.80. The molecule has 2 N–H and O–H groups in total. The Kier molecular flexibility index (Phi) is 3.66. The van der Waals surface area contributed by atoms with Crippen LogP contribution in [0.4, 0.5) is 0 Å². The average molecular weight is 256 g/mol. The third-order valence-electron chi connectivity index (χ3n) is 2.81. The first-order valence-electron chi connectivity index (χ1n) is 5.43. The van der Waals surface area contributed by atoms with E-state index in [4.69, 9.17) is 34.3 Å². The van der Waals surface area contributed by atoms with Gasteiger partial charge in [0.25, 0.3) is 0 Å². The Balaban J connectivity index is 2.12. The lowest BCUT2D eigenvalue weighted by Gasteiger charge is -2.14. The van der Waals surface area contributed by atoms with Crippen LogP contribution in [-0.4, -0.2) is 11.1 Å². The molecule has 86 valence electrons. The summed E-state index contributed by atoms with van der Waals surface area (Å²) in [5, 5.41) is 0.581. The highest BCUT2D eigenvalue weighted by Crippen LogP contribution is 2.30. The number of ether oxygens (including phenoxy) is 1. The van der Waals surface area contributed by atoms with Crippen LogP contribution in [0.1, 0.15) is 31.2 Å². The third-order valence-corrected chi connectivity index (χ3v) is 3.34. The van der Waals surface area contributed by atoms with Crippen molar-refractivity contribution in [1.82, 2.24) is 0 Å². The average Bonchev–Trinajstić information content (AvgIpc) is 2.73. The lowest BCUT2D eigenvalue weighted by Crippen LogP contribution is -2.12. The van der Waals surface area contributed by atoms with Crippen LogP contribution in [0.2, 0.25) is 5.02 Å². The summed E-state index contributed by atoms with van der Waals surface area (Å²) in [6.45, 7) is 0. The zero-order valence-corrected chi connectivity index (χ0v) is 10.5. The molecular formula is C12H14ClNOS. The molecule has 0 heterocycles. The number of thiocarbonyl (C=S) groups is 1. The van der Waals surface area contributed by atoms with Gasteiger partial charge in [-0.2, -0.15) is 0 Å². The molecule has 1 fully saturated rings. The molecule has 1 aromatic carbocycles. The first-order chi connectivity index (χ1) is 7.66. The summed E-state index contributed by atoms with van der Waals surface area (Å²) >= 11 is 11.0. The van der Waals surface area contributed by atoms with Crippen molar-refractivity contribution in [1.29, 1.82) is 0 Å². The van der Waals surface area contributed by atoms with E-state index < -0.39 is 0 Å². The zero-order chi connectivity index (χ0) is 11.5. The molecule has 0 amide bonds. The van der Waals surface area contributed by atoms with Gasteiger partial charge in [-0.15, -0.1) is 0 Å². The molecule has 0 aromatic heterocycles. The second-order valence-electron chi connectivity index (χ2n) is 4.03. The van der Waals surface area contributed by atoms with Crippen LogP contribution in [0.25, 0.3) is 0 Å². The van der Waals surface area contributed by atoms with Crippen LogP contribution in [0.15, 0.2) is 18.2 Å². The van der Waals surface area contributed by atoms with Crippen molar-refractivity contribution in [3.8, 4) is 5.75 Å². The molecule has 0 atom stereocenters. The Labute approximate surface area is 106 Å². The fraction of sp³-hybridized carbons (Fsp3) is 0.417. The van der Waals surface area contributed by atoms with Crippen molar-refractivity contribution >= 4 is 28.8 Å². The molecule has 16 heavy (non-hydrogen) atoms. The highest BCUT2D eigenvalue weighted by atomic mass is 35.5. The minimum atomic E-state index is 0.313. The topological polar surface area (TPSA) is 35.2 Å². The van der Waals surface area contributed by atoms with Crippen molar-refractivity contribution in [2.24, 2.45) is 5.73 Å². The van der Waals surface area contributed by atoms with Crippen LogP contribution < -0.4 is 10.5 Å². The van der Waals surface area contributed by atoms with Gasteiger partial charge in [-0.1, -0.05) is 23.8 Å². The van der Waals surface area contributed by atoms with Crippen LogP contribution in [-0.2, 0) is 0 Å². The molecule has 0 saturated heterocycles. The summed E-state index contributed by atoms with van der Waals surface area (Å²) < 4.78 is 5.82. The van der Waals surface area contributed by atoms with Gasteiger partial charge in [0.15, 0.2) is 0 Å². The minimum Gasteiger partial charge on any atom is -0.489 e. The number of nitrogens with two attached hydrogens (primary N) is 1. The largest absolute Gasteiger partial charge is 0.489 e. The summed E-state index contributed by atoms with van der Waals surface area (Å²) in [6, 6.07) is 5.45. The SMILES string of the molecule is NC(=S)c1ccc(OC2CCCC2)c(Cl)c1. The fourth-order valence-electron chi connectivity index (χ4n) is 1.94. The smallest absolute Gasteiger partial charge is 0.138 e. The third kappa shape index (κ3) is 2.66. The van der Waals surface area contributed by atoms with E-state index in [1.54, 1.807) is 6.07 Å². The van der Waals surface area contributed by atoms with Crippen molar-refractivity contribution in [2.75, 3.05) is 0 Å². The van der Waals surface area contributed by atoms with Crippen LogP contribution in [0, 0.1) is 0 Å². The number of benzene rings is 1. The van der Waals surface area contributed by atoms with Crippen LogP contribution in [0.3, 0.4) is 0 Å². The molecule has 1 aliphatic carbocycles. The van der Waals surface area contributed by atoms with Gasteiger partial charge >= 0.3 is 0 Å². The van der Waals surface area contributed by atoms with Gasteiger partial charge in [-0.3, -0.25) is 0 Å². The second kappa shape index (κ2) is 5.02. The number of hydrogen-bond acceptors (Lipinski definition) is 2. The second-order valence-corrected chi connectivity index (χ2v) is 4.88. The van der Waals surface area contributed by atoms with Crippen molar-refractivity contribution in [2.45, 2.75) is 31.8 Å². The Morgan fingerprint density at radius 2 is 2.06 bits per heavy atom. The monoisotopic (exact) mass is 255 g/mol. The van der Waals surface area contributed by atoms with E-state index in [9.17, 15) is 0 Å². The summed E-state index contributed by atoms with van der Waals surface area (Å²) in [5.41, 5.74) is 6.30. The van der Waals surface area contributed by atoms with Gasteiger partial charge in [0.2, 0.25) is 0 Å². The maximum Gasteiger partial charge on any atom is 0.138 e. The van der Waals surface area contributed by atoms with Crippen molar-refractivity contribution < 1.29 is 4.74 Å². The molecule has 0 aliphatic heterocycles. The molecule has 2 rings (SSSR count). The lowest BCUT2D eigenvalue weighted by molar-refractivity contribution is 0.210.